The first-order chi connectivity index (χ1) is 9.81. The van der Waals surface area contributed by atoms with Crippen molar-refractivity contribution in [1.29, 1.82) is 0 Å². The standard InChI is InChI=1S/C15H22N4O/c1-3-5-8-13-12(11-16)17-18-19(13)14-9-6-7-10-15(14)20-4-2/h6-7,9-10H,3-5,8,11,16H2,1-2H3. The van der Waals surface area contributed by atoms with Crippen molar-refractivity contribution in [2.45, 2.75) is 39.7 Å². The molecule has 0 aliphatic carbocycles. The van der Waals surface area contributed by atoms with Crippen LogP contribution in [0.3, 0.4) is 0 Å². The molecule has 1 heterocycles. The van der Waals surface area contributed by atoms with E-state index in [1.807, 2.05) is 35.9 Å². The summed E-state index contributed by atoms with van der Waals surface area (Å²) in [6.07, 6.45) is 3.15. The molecule has 0 spiro atoms. The molecule has 5 nitrogen and oxygen atoms in total. The largest absolute Gasteiger partial charge is 0.492 e. The summed E-state index contributed by atoms with van der Waals surface area (Å²) < 4.78 is 7.54. The van der Waals surface area contributed by atoms with Crippen LogP contribution in [0.4, 0.5) is 0 Å². The van der Waals surface area contributed by atoms with E-state index in [0.29, 0.717) is 13.2 Å². The summed E-state index contributed by atoms with van der Waals surface area (Å²) in [6.45, 7) is 5.18. The van der Waals surface area contributed by atoms with Gasteiger partial charge >= 0.3 is 0 Å². The molecule has 2 aromatic rings. The third-order valence-corrected chi connectivity index (χ3v) is 3.20. The van der Waals surface area contributed by atoms with E-state index in [1.165, 1.54) is 0 Å². The lowest BCUT2D eigenvalue weighted by atomic mass is 10.1. The maximum Gasteiger partial charge on any atom is 0.145 e. The Balaban J connectivity index is 2.44. The summed E-state index contributed by atoms with van der Waals surface area (Å²) in [5.41, 5.74) is 8.64. The van der Waals surface area contributed by atoms with Crippen molar-refractivity contribution in [1.82, 2.24) is 15.0 Å². The number of ether oxygens (including phenoxy) is 1. The zero-order valence-electron chi connectivity index (χ0n) is 12.2. The molecule has 0 radical (unpaired) electrons. The van der Waals surface area contributed by atoms with Crippen molar-refractivity contribution >= 4 is 0 Å². The highest BCUT2D eigenvalue weighted by Gasteiger charge is 2.15. The quantitative estimate of drug-likeness (QED) is 0.842. The van der Waals surface area contributed by atoms with E-state index in [0.717, 1.165) is 42.1 Å². The van der Waals surface area contributed by atoms with Crippen LogP contribution in [-0.2, 0) is 13.0 Å². The van der Waals surface area contributed by atoms with Gasteiger partial charge in [-0.3, -0.25) is 0 Å². The Hall–Kier alpha value is -1.88. The highest BCUT2D eigenvalue weighted by molar-refractivity contribution is 5.47. The number of hydrogen-bond acceptors (Lipinski definition) is 4. The van der Waals surface area contributed by atoms with E-state index >= 15 is 0 Å². The predicted molar refractivity (Wildman–Crippen MR) is 79.0 cm³/mol. The predicted octanol–water partition coefficient (Wildman–Crippen LogP) is 2.47. The summed E-state index contributed by atoms with van der Waals surface area (Å²) in [7, 11) is 0. The van der Waals surface area contributed by atoms with Crippen molar-refractivity contribution < 1.29 is 4.74 Å². The maximum atomic E-state index is 5.76. The fourth-order valence-electron chi connectivity index (χ4n) is 2.19. The molecular weight excluding hydrogens is 252 g/mol. The van der Waals surface area contributed by atoms with Gasteiger partial charge in [0, 0.05) is 6.54 Å². The van der Waals surface area contributed by atoms with Gasteiger partial charge in [0.2, 0.25) is 0 Å². The zero-order chi connectivity index (χ0) is 14.4. The van der Waals surface area contributed by atoms with Gasteiger partial charge in [-0.25, -0.2) is 4.68 Å². The van der Waals surface area contributed by atoms with Crippen molar-refractivity contribution in [3.63, 3.8) is 0 Å². The molecule has 1 aromatic carbocycles. The number of unbranched alkanes of at least 4 members (excludes halogenated alkanes) is 1. The Morgan fingerprint density at radius 3 is 2.75 bits per heavy atom. The van der Waals surface area contributed by atoms with Crippen molar-refractivity contribution in [2.24, 2.45) is 5.73 Å². The molecule has 108 valence electrons. The van der Waals surface area contributed by atoms with Gasteiger partial charge in [-0.2, -0.15) is 0 Å². The Bertz CT molecular complexity index is 551. The molecule has 0 atom stereocenters. The Morgan fingerprint density at radius 1 is 1.25 bits per heavy atom. The second kappa shape index (κ2) is 7.05. The van der Waals surface area contributed by atoms with Crippen LogP contribution in [0, 0.1) is 0 Å². The molecule has 2 rings (SSSR count). The van der Waals surface area contributed by atoms with Crippen molar-refractivity contribution in [3.8, 4) is 11.4 Å². The minimum absolute atomic E-state index is 0.413. The summed E-state index contributed by atoms with van der Waals surface area (Å²) in [5.74, 6) is 0.821. The number of aromatic nitrogens is 3. The first-order valence-corrected chi connectivity index (χ1v) is 7.17. The molecule has 0 aliphatic rings. The number of para-hydroxylation sites is 2. The summed E-state index contributed by atoms with van der Waals surface area (Å²) in [4.78, 5) is 0. The van der Waals surface area contributed by atoms with Crippen LogP contribution in [-0.4, -0.2) is 21.6 Å². The molecular formula is C15H22N4O. The summed E-state index contributed by atoms with van der Waals surface area (Å²) in [6, 6.07) is 7.88. The number of rotatable bonds is 7. The highest BCUT2D eigenvalue weighted by Crippen LogP contribution is 2.24. The van der Waals surface area contributed by atoms with Crippen LogP contribution in [0.1, 0.15) is 38.1 Å². The van der Waals surface area contributed by atoms with E-state index in [2.05, 4.69) is 17.2 Å². The average molecular weight is 274 g/mol. The maximum absolute atomic E-state index is 5.76. The molecule has 0 unspecified atom stereocenters. The van der Waals surface area contributed by atoms with Crippen LogP contribution in [0.2, 0.25) is 0 Å². The SMILES string of the molecule is CCCCc1c(CN)nnn1-c1ccccc1OCC. The molecule has 0 amide bonds. The molecule has 2 N–H and O–H groups in total. The molecule has 0 saturated carbocycles. The van der Waals surface area contributed by atoms with E-state index < -0.39 is 0 Å². The van der Waals surface area contributed by atoms with Gasteiger partial charge in [-0.15, -0.1) is 5.10 Å². The normalized spacial score (nSPS) is 10.8. The smallest absolute Gasteiger partial charge is 0.145 e. The van der Waals surface area contributed by atoms with Gasteiger partial charge in [-0.05, 0) is 31.9 Å². The Morgan fingerprint density at radius 2 is 2.05 bits per heavy atom. The topological polar surface area (TPSA) is 66.0 Å². The monoisotopic (exact) mass is 274 g/mol. The zero-order valence-corrected chi connectivity index (χ0v) is 12.2. The Kier molecular flexibility index (Phi) is 5.12. The lowest BCUT2D eigenvalue weighted by molar-refractivity contribution is 0.338. The highest BCUT2D eigenvalue weighted by atomic mass is 16.5. The molecule has 20 heavy (non-hydrogen) atoms. The summed E-state index contributed by atoms with van der Waals surface area (Å²) >= 11 is 0. The Labute approximate surface area is 119 Å². The van der Waals surface area contributed by atoms with Crippen LogP contribution >= 0.6 is 0 Å². The summed E-state index contributed by atoms with van der Waals surface area (Å²) in [5, 5.41) is 8.46. The van der Waals surface area contributed by atoms with Gasteiger partial charge < -0.3 is 10.5 Å². The number of hydrogen-bond donors (Lipinski definition) is 1. The number of nitrogens with zero attached hydrogens (tertiary/aromatic N) is 3. The fraction of sp³-hybridized carbons (Fsp3) is 0.467. The molecule has 0 aliphatic heterocycles. The molecule has 5 heteroatoms. The van der Waals surface area contributed by atoms with E-state index in [9.17, 15) is 0 Å². The van der Waals surface area contributed by atoms with Crippen LogP contribution in [0.5, 0.6) is 5.75 Å². The van der Waals surface area contributed by atoms with Crippen LogP contribution in [0.25, 0.3) is 5.69 Å². The first-order valence-electron chi connectivity index (χ1n) is 7.17. The van der Waals surface area contributed by atoms with E-state index in [1.54, 1.807) is 0 Å². The fourth-order valence-corrected chi connectivity index (χ4v) is 2.19. The van der Waals surface area contributed by atoms with E-state index in [-0.39, 0.29) is 0 Å². The van der Waals surface area contributed by atoms with Gasteiger partial charge in [0.25, 0.3) is 0 Å². The molecule has 0 bridgehead atoms. The second-order valence-electron chi connectivity index (χ2n) is 4.60. The van der Waals surface area contributed by atoms with Gasteiger partial charge in [0.1, 0.15) is 11.4 Å². The lowest BCUT2D eigenvalue weighted by Gasteiger charge is -2.12. The van der Waals surface area contributed by atoms with Crippen LogP contribution in [0.15, 0.2) is 24.3 Å². The third-order valence-electron chi connectivity index (χ3n) is 3.20. The minimum atomic E-state index is 0.413. The van der Waals surface area contributed by atoms with Crippen molar-refractivity contribution in [2.75, 3.05) is 6.61 Å². The molecule has 0 saturated heterocycles. The van der Waals surface area contributed by atoms with Gasteiger partial charge in [-0.1, -0.05) is 30.7 Å². The van der Waals surface area contributed by atoms with Gasteiger partial charge in [0.15, 0.2) is 0 Å². The van der Waals surface area contributed by atoms with E-state index in [4.69, 9.17) is 10.5 Å². The average Bonchev–Trinajstić information content (AvgIpc) is 2.88. The first kappa shape index (κ1) is 14.5. The van der Waals surface area contributed by atoms with Gasteiger partial charge in [0.05, 0.1) is 18.0 Å². The molecule has 0 fully saturated rings. The van der Waals surface area contributed by atoms with Crippen LogP contribution < -0.4 is 10.5 Å². The van der Waals surface area contributed by atoms with Crippen molar-refractivity contribution in [3.05, 3.63) is 35.7 Å². The second-order valence-corrected chi connectivity index (χ2v) is 4.60. The number of nitrogens with two attached hydrogens (primary N) is 1. The number of benzene rings is 1. The lowest BCUT2D eigenvalue weighted by Crippen LogP contribution is -2.08. The third kappa shape index (κ3) is 2.99. The molecule has 1 aromatic heterocycles. The minimum Gasteiger partial charge on any atom is -0.492 e.